The van der Waals surface area contributed by atoms with E-state index in [2.05, 4.69) is 47.1 Å². The maximum Gasteiger partial charge on any atom is 0.251 e. The van der Waals surface area contributed by atoms with Gasteiger partial charge in [0, 0.05) is 22.8 Å². The van der Waals surface area contributed by atoms with Crippen LogP contribution in [0.4, 0.5) is 0 Å². The zero-order chi connectivity index (χ0) is 15.6. The van der Waals surface area contributed by atoms with Crippen molar-refractivity contribution in [3.8, 4) is 5.69 Å². The van der Waals surface area contributed by atoms with E-state index in [0.717, 1.165) is 16.7 Å². The normalized spacial score (nSPS) is 11.6. The highest BCUT2D eigenvalue weighted by Gasteiger charge is 2.11. The lowest BCUT2D eigenvalue weighted by Gasteiger charge is -2.20. The highest BCUT2D eigenvalue weighted by atomic mass is 79.9. The van der Waals surface area contributed by atoms with Crippen molar-refractivity contribution in [2.75, 3.05) is 0 Å². The average molecular weight is 351 g/mol. The van der Waals surface area contributed by atoms with Crippen LogP contribution < -0.4 is 11.1 Å². The Morgan fingerprint density at radius 3 is 2.67 bits per heavy atom. The quantitative estimate of drug-likeness (QED) is 0.889. The largest absolute Gasteiger partial charge is 0.366 e. The van der Waals surface area contributed by atoms with Gasteiger partial charge in [0.05, 0.1) is 17.4 Å². The van der Waals surface area contributed by atoms with Gasteiger partial charge < -0.3 is 11.1 Å². The van der Waals surface area contributed by atoms with Crippen molar-refractivity contribution in [1.82, 2.24) is 15.1 Å². The number of carbonyl (C=O) groups is 1. The minimum Gasteiger partial charge on any atom is -0.366 e. The zero-order valence-electron chi connectivity index (χ0n) is 12.4. The second kappa shape index (κ2) is 5.99. The highest BCUT2D eigenvalue weighted by molar-refractivity contribution is 9.10. The Morgan fingerprint density at radius 1 is 1.43 bits per heavy atom. The van der Waals surface area contributed by atoms with Crippen molar-refractivity contribution in [1.29, 1.82) is 0 Å². The molecule has 0 saturated carbocycles. The van der Waals surface area contributed by atoms with Gasteiger partial charge in [0.25, 0.3) is 5.91 Å². The van der Waals surface area contributed by atoms with Crippen LogP contribution in [0.3, 0.4) is 0 Å². The molecule has 0 atom stereocenters. The lowest BCUT2D eigenvalue weighted by Crippen LogP contribution is -2.35. The van der Waals surface area contributed by atoms with E-state index < -0.39 is 5.91 Å². The van der Waals surface area contributed by atoms with E-state index in [0.29, 0.717) is 5.56 Å². The first kappa shape index (κ1) is 15.7. The Bertz CT molecular complexity index is 658. The molecule has 21 heavy (non-hydrogen) atoms. The van der Waals surface area contributed by atoms with Crippen molar-refractivity contribution in [2.24, 2.45) is 5.73 Å². The topological polar surface area (TPSA) is 72.9 Å². The predicted octanol–water partition coefficient (Wildman–Crippen LogP) is 2.62. The van der Waals surface area contributed by atoms with Crippen molar-refractivity contribution < 1.29 is 4.79 Å². The minimum atomic E-state index is -0.483. The fraction of sp³-hybridized carbons (Fsp3) is 0.333. The molecule has 0 saturated heterocycles. The molecule has 6 heteroatoms. The third-order valence-corrected chi connectivity index (χ3v) is 3.58. The zero-order valence-corrected chi connectivity index (χ0v) is 13.9. The number of hydrogen-bond donors (Lipinski definition) is 2. The third kappa shape index (κ3) is 4.15. The number of amides is 1. The molecule has 0 aliphatic carbocycles. The molecule has 2 rings (SSSR count). The van der Waals surface area contributed by atoms with Crippen molar-refractivity contribution in [2.45, 2.75) is 32.9 Å². The summed E-state index contributed by atoms with van der Waals surface area (Å²) in [5.74, 6) is -0.483. The van der Waals surface area contributed by atoms with E-state index in [9.17, 15) is 4.79 Å². The molecule has 0 aliphatic rings. The van der Waals surface area contributed by atoms with Crippen molar-refractivity contribution in [3.63, 3.8) is 0 Å². The first-order valence-corrected chi connectivity index (χ1v) is 7.44. The summed E-state index contributed by atoms with van der Waals surface area (Å²) in [6.45, 7) is 7.18. The molecule has 1 amide bonds. The maximum absolute atomic E-state index is 11.1. The molecule has 1 aromatic carbocycles. The minimum absolute atomic E-state index is 0.0729. The lowest BCUT2D eigenvalue weighted by molar-refractivity contribution is 0.100. The summed E-state index contributed by atoms with van der Waals surface area (Å²) in [5.41, 5.74) is 7.73. The molecule has 0 aliphatic heterocycles. The molecule has 112 valence electrons. The molecule has 2 aromatic rings. The summed E-state index contributed by atoms with van der Waals surface area (Å²) in [4.78, 5) is 11.1. The molecular formula is C15H19BrN4O. The Labute approximate surface area is 132 Å². The lowest BCUT2D eigenvalue weighted by atomic mass is 10.1. The number of nitrogens with one attached hydrogen (secondary N) is 1. The van der Waals surface area contributed by atoms with Gasteiger partial charge in [0.1, 0.15) is 0 Å². The number of nitrogens with zero attached hydrogens (tertiary/aromatic N) is 2. The molecule has 1 aromatic heterocycles. The molecule has 0 radical (unpaired) electrons. The van der Waals surface area contributed by atoms with Gasteiger partial charge in [-0.15, -0.1) is 0 Å². The number of benzene rings is 1. The van der Waals surface area contributed by atoms with Gasteiger partial charge in [0.15, 0.2) is 0 Å². The molecule has 0 bridgehead atoms. The van der Waals surface area contributed by atoms with Crippen molar-refractivity contribution in [3.05, 3.63) is 46.2 Å². The summed E-state index contributed by atoms with van der Waals surface area (Å²) in [7, 11) is 0. The Hall–Kier alpha value is -1.66. The van der Waals surface area contributed by atoms with Gasteiger partial charge in [-0.1, -0.05) is 6.07 Å². The summed E-state index contributed by atoms with van der Waals surface area (Å²) in [6, 6.07) is 6.03. The van der Waals surface area contributed by atoms with Crippen LogP contribution in [0, 0.1) is 0 Å². The Kier molecular flexibility index (Phi) is 4.49. The van der Waals surface area contributed by atoms with Gasteiger partial charge in [-0.3, -0.25) is 4.79 Å². The number of hydrogen-bond acceptors (Lipinski definition) is 3. The van der Waals surface area contributed by atoms with Gasteiger partial charge in [-0.25, -0.2) is 4.68 Å². The molecule has 5 nitrogen and oxygen atoms in total. The summed E-state index contributed by atoms with van der Waals surface area (Å²) in [6.07, 6.45) is 3.08. The van der Waals surface area contributed by atoms with Crippen molar-refractivity contribution >= 4 is 21.8 Å². The third-order valence-electron chi connectivity index (χ3n) is 2.95. The first-order chi connectivity index (χ1) is 9.76. The molecule has 0 fully saturated rings. The van der Waals surface area contributed by atoms with Crippen LogP contribution in [0.1, 0.15) is 36.7 Å². The fourth-order valence-electron chi connectivity index (χ4n) is 1.80. The van der Waals surface area contributed by atoms with Crippen LogP contribution in [0.2, 0.25) is 0 Å². The number of halogens is 1. The molecule has 0 spiro atoms. The Balaban J connectivity index is 2.20. The van der Waals surface area contributed by atoms with Crippen LogP contribution in [-0.4, -0.2) is 21.2 Å². The van der Waals surface area contributed by atoms with Gasteiger partial charge in [-0.2, -0.15) is 5.10 Å². The number of carbonyl (C=O) groups excluding carboxylic acids is 1. The monoisotopic (exact) mass is 350 g/mol. The number of primary amides is 1. The van der Waals surface area contributed by atoms with Gasteiger partial charge >= 0.3 is 0 Å². The first-order valence-electron chi connectivity index (χ1n) is 6.64. The van der Waals surface area contributed by atoms with Gasteiger partial charge in [0.2, 0.25) is 0 Å². The second-order valence-electron chi connectivity index (χ2n) is 5.93. The predicted molar refractivity (Wildman–Crippen MR) is 86.4 cm³/mol. The fourth-order valence-corrected chi connectivity index (χ4v) is 2.40. The van der Waals surface area contributed by atoms with Crippen LogP contribution in [-0.2, 0) is 6.54 Å². The van der Waals surface area contributed by atoms with Crippen LogP contribution >= 0.6 is 15.9 Å². The SMILES string of the molecule is CC(C)(C)NCc1ccc(-n2cc(C(N)=O)cn2)c(Br)c1. The summed E-state index contributed by atoms with van der Waals surface area (Å²) >= 11 is 3.55. The standard InChI is InChI=1S/C15H19BrN4O/c1-15(2,3)18-7-10-4-5-13(12(16)6-10)20-9-11(8-19-20)14(17)21/h4-6,8-9,18H,7H2,1-3H3,(H2,17,21). The second-order valence-corrected chi connectivity index (χ2v) is 6.78. The molecule has 0 unspecified atom stereocenters. The van der Waals surface area contributed by atoms with Crippen LogP contribution in [0.25, 0.3) is 5.69 Å². The van der Waals surface area contributed by atoms with E-state index in [1.807, 2.05) is 18.2 Å². The number of aromatic nitrogens is 2. The smallest absolute Gasteiger partial charge is 0.251 e. The van der Waals surface area contributed by atoms with Crippen LogP contribution in [0.5, 0.6) is 0 Å². The molecular weight excluding hydrogens is 332 g/mol. The number of rotatable bonds is 4. The molecule has 1 heterocycles. The van der Waals surface area contributed by atoms with E-state index >= 15 is 0 Å². The van der Waals surface area contributed by atoms with Gasteiger partial charge in [-0.05, 0) is 54.4 Å². The average Bonchev–Trinajstić information content (AvgIpc) is 2.85. The molecule has 3 N–H and O–H groups in total. The maximum atomic E-state index is 11.1. The van der Waals surface area contributed by atoms with E-state index in [1.165, 1.54) is 11.8 Å². The van der Waals surface area contributed by atoms with E-state index in [4.69, 9.17) is 5.73 Å². The van der Waals surface area contributed by atoms with E-state index in [1.54, 1.807) is 10.9 Å². The van der Waals surface area contributed by atoms with Crippen LogP contribution in [0.15, 0.2) is 35.1 Å². The number of nitrogens with two attached hydrogens (primary N) is 1. The highest BCUT2D eigenvalue weighted by Crippen LogP contribution is 2.22. The van der Waals surface area contributed by atoms with E-state index in [-0.39, 0.29) is 5.54 Å². The Morgan fingerprint density at radius 2 is 2.14 bits per heavy atom. The summed E-state index contributed by atoms with van der Waals surface area (Å²) < 4.78 is 2.54. The summed E-state index contributed by atoms with van der Waals surface area (Å²) in [5, 5.41) is 7.59.